The van der Waals surface area contributed by atoms with Gasteiger partial charge in [0.2, 0.25) is 0 Å². The summed E-state index contributed by atoms with van der Waals surface area (Å²) < 4.78 is 2.20. The number of allylic oxidation sites excluding steroid dienone is 2. The van der Waals surface area contributed by atoms with Crippen LogP contribution >= 0.6 is 11.6 Å². The third-order valence-electron chi connectivity index (χ3n) is 5.42. The molecule has 1 unspecified atom stereocenters. The molecule has 0 spiro atoms. The first-order valence-corrected chi connectivity index (χ1v) is 10.1. The minimum absolute atomic E-state index is 0.00449. The van der Waals surface area contributed by atoms with Gasteiger partial charge >= 0.3 is 0 Å². The maximum atomic E-state index is 13.5. The zero-order valence-electron chi connectivity index (χ0n) is 15.8. The van der Waals surface area contributed by atoms with Gasteiger partial charge in [-0.1, -0.05) is 35.9 Å². The lowest BCUT2D eigenvalue weighted by Crippen LogP contribution is -2.30. The minimum atomic E-state index is -0.230. The van der Waals surface area contributed by atoms with Crippen LogP contribution in [0.25, 0.3) is 0 Å². The van der Waals surface area contributed by atoms with E-state index in [4.69, 9.17) is 11.6 Å². The van der Waals surface area contributed by atoms with Gasteiger partial charge in [-0.05, 0) is 60.2 Å². The van der Waals surface area contributed by atoms with Crippen molar-refractivity contribution in [3.63, 3.8) is 0 Å². The summed E-state index contributed by atoms with van der Waals surface area (Å²) in [7, 11) is 0. The highest BCUT2D eigenvalue weighted by molar-refractivity contribution is 6.23. The minimum Gasteiger partial charge on any atom is -0.345 e. The van der Waals surface area contributed by atoms with E-state index in [9.17, 15) is 4.79 Å². The fourth-order valence-electron chi connectivity index (χ4n) is 3.90. The van der Waals surface area contributed by atoms with Crippen molar-refractivity contribution in [2.24, 2.45) is 0 Å². The van der Waals surface area contributed by atoms with Crippen molar-refractivity contribution in [2.75, 3.05) is 9.80 Å². The van der Waals surface area contributed by atoms with E-state index in [0.29, 0.717) is 12.1 Å². The van der Waals surface area contributed by atoms with Gasteiger partial charge in [-0.25, -0.2) is 0 Å². The fraction of sp³-hybridized carbons (Fsp3) is 0.125. The van der Waals surface area contributed by atoms with Crippen LogP contribution in [0.3, 0.4) is 0 Å². The van der Waals surface area contributed by atoms with E-state index in [1.165, 1.54) is 0 Å². The number of nitrogens with zero attached hydrogens (tertiary/aromatic N) is 3. The van der Waals surface area contributed by atoms with Crippen LogP contribution in [0.4, 0.5) is 11.4 Å². The molecule has 3 heterocycles. The van der Waals surface area contributed by atoms with Crippen LogP contribution in [0, 0.1) is 0 Å². The Labute approximate surface area is 174 Å². The van der Waals surface area contributed by atoms with E-state index in [1.807, 2.05) is 82.8 Å². The first-order chi connectivity index (χ1) is 14.2. The summed E-state index contributed by atoms with van der Waals surface area (Å²) in [5.41, 5.74) is 4.62. The number of benzene rings is 2. The molecule has 5 rings (SSSR count). The summed E-state index contributed by atoms with van der Waals surface area (Å²) in [4.78, 5) is 17.3. The van der Waals surface area contributed by atoms with Crippen molar-refractivity contribution in [1.29, 1.82) is 0 Å². The number of carbonyl (C=O) groups excluding carboxylic acids is 1. The highest BCUT2D eigenvalue weighted by atomic mass is 35.5. The number of hydrogen-bond acceptors (Lipinski definition) is 2. The molecule has 0 aliphatic carbocycles. The molecule has 0 radical (unpaired) electrons. The van der Waals surface area contributed by atoms with Crippen molar-refractivity contribution in [3.8, 4) is 0 Å². The van der Waals surface area contributed by atoms with Crippen LogP contribution < -0.4 is 9.80 Å². The lowest BCUT2D eigenvalue weighted by molar-refractivity contribution is 0.0985. The molecule has 1 atom stereocenters. The van der Waals surface area contributed by atoms with E-state index in [0.717, 1.165) is 29.2 Å². The molecule has 0 fully saturated rings. The predicted octanol–water partition coefficient (Wildman–Crippen LogP) is 5.15. The SMILES string of the molecule is O=C(c1ccc(N2C=CC=CC2Cl)cc1)N1Cc2cccn2Cc2ccccc21. The van der Waals surface area contributed by atoms with Gasteiger partial charge < -0.3 is 14.4 Å². The number of amides is 1. The summed E-state index contributed by atoms with van der Waals surface area (Å²) in [6.45, 7) is 1.32. The molecule has 1 aromatic heterocycles. The van der Waals surface area contributed by atoms with Gasteiger partial charge in [0.05, 0.1) is 6.54 Å². The highest BCUT2D eigenvalue weighted by Crippen LogP contribution is 2.30. The molecule has 29 heavy (non-hydrogen) atoms. The van der Waals surface area contributed by atoms with Gasteiger partial charge in [0.15, 0.2) is 0 Å². The summed E-state index contributed by atoms with van der Waals surface area (Å²) in [5.74, 6) is -0.00449. The first-order valence-electron chi connectivity index (χ1n) is 9.62. The fourth-order valence-corrected chi connectivity index (χ4v) is 4.16. The summed E-state index contributed by atoms with van der Waals surface area (Å²) in [5, 5.41) is 0. The van der Waals surface area contributed by atoms with Gasteiger partial charge in [0.1, 0.15) is 5.50 Å². The van der Waals surface area contributed by atoms with Crippen molar-refractivity contribution >= 4 is 28.9 Å². The van der Waals surface area contributed by atoms with E-state index in [2.05, 4.69) is 22.9 Å². The Bertz CT molecular complexity index is 1110. The molecule has 0 saturated carbocycles. The van der Waals surface area contributed by atoms with E-state index < -0.39 is 0 Å². The molecular formula is C24H20ClN3O. The molecule has 4 nitrogen and oxygen atoms in total. The molecule has 0 saturated heterocycles. The number of halogens is 1. The number of aromatic nitrogens is 1. The second kappa shape index (κ2) is 7.30. The molecule has 144 valence electrons. The number of rotatable bonds is 2. The number of hydrogen-bond donors (Lipinski definition) is 0. The maximum absolute atomic E-state index is 13.5. The third kappa shape index (κ3) is 3.26. The summed E-state index contributed by atoms with van der Waals surface area (Å²) in [6.07, 6.45) is 9.80. The standard InChI is InChI=1S/C24H20ClN3O/c25-23-9-3-4-15-27(23)20-12-10-18(11-13-20)24(29)28-17-21-7-5-14-26(21)16-19-6-1-2-8-22(19)28/h1-15,23H,16-17H2. The second-order valence-electron chi connectivity index (χ2n) is 7.20. The third-order valence-corrected chi connectivity index (χ3v) is 5.77. The van der Waals surface area contributed by atoms with Crippen molar-refractivity contribution in [1.82, 2.24) is 4.57 Å². The van der Waals surface area contributed by atoms with Crippen LogP contribution in [-0.2, 0) is 13.1 Å². The van der Waals surface area contributed by atoms with Gasteiger partial charge in [0, 0.05) is 41.6 Å². The van der Waals surface area contributed by atoms with Gasteiger partial charge in [-0.2, -0.15) is 0 Å². The lowest BCUT2D eigenvalue weighted by atomic mass is 10.1. The predicted molar refractivity (Wildman–Crippen MR) is 117 cm³/mol. The van der Waals surface area contributed by atoms with Crippen LogP contribution in [0.5, 0.6) is 0 Å². The van der Waals surface area contributed by atoms with Gasteiger partial charge in [-0.3, -0.25) is 4.79 Å². The smallest absolute Gasteiger partial charge is 0.258 e. The number of para-hydroxylation sites is 1. The second-order valence-corrected chi connectivity index (χ2v) is 7.65. The average molecular weight is 402 g/mol. The monoisotopic (exact) mass is 401 g/mol. The largest absolute Gasteiger partial charge is 0.345 e. The van der Waals surface area contributed by atoms with E-state index >= 15 is 0 Å². The molecular weight excluding hydrogens is 382 g/mol. The molecule has 2 aliphatic heterocycles. The molecule has 5 heteroatoms. The normalized spacial score (nSPS) is 17.6. The van der Waals surface area contributed by atoms with Crippen LogP contribution in [0.15, 0.2) is 91.3 Å². The number of anilines is 2. The summed E-state index contributed by atoms with van der Waals surface area (Å²) in [6, 6.07) is 19.9. The molecule has 2 aliphatic rings. The van der Waals surface area contributed by atoms with Crippen molar-refractivity contribution in [2.45, 2.75) is 18.6 Å². The van der Waals surface area contributed by atoms with Crippen molar-refractivity contribution < 1.29 is 4.79 Å². The molecule has 0 bridgehead atoms. The van der Waals surface area contributed by atoms with Crippen LogP contribution in [0.1, 0.15) is 21.6 Å². The molecule has 2 aromatic carbocycles. The average Bonchev–Trinajstić information content (AvgIpc) is 3.13. The highest BCUT2D eigenvalue weighted by Gasteiger charge is 2.25. The molecule has 1 amide bonds. The maximum Gasteiger partial charge on any atom is 0.258 e. The quantitative estimate of drug-likeness (QED) is 0.438. The van der Waals surface area contributed by atoms with Crippen LogP contribution in [-0.4, -0.2) is 16.0 Å². The van der Waals surface area contributed by atoms with Gasteiger partial charge in [-0.15, -0.1) is 0 Å². The topological polar surface area (TPSA) is 28.5 Å². The lowest BCUT2D eigenvalue weighted by Gasteiger charge is -2.26. The Morgan fingerprint density at radius 3 is 2.59 bits per heavy atom. The zero-order valence-corrected chi connectivity index (χ0v) is 16.5. The number of fused-ring (bicyclic) bond motifs is 2. The molecule has 0 N–H and O–H groups in total. The van der Waals surface area contributed by atoms with Crippen LogP contribution in [0.2, 0.25) is 0 Å². The van der Waals surface area contributed by atoms with E-state index in [-0.39, 0.29) is 11.4 Å². The number of alkyl halides is 1. The van der Waals surface area contributed by atoms with Crippen molar-refractivity contribution in [3.05, 3.63) is 108 Å². The first kappa shape index (κ1) is 17.8. The summed E-state index contributed by atoms with van der Waals surface area (Å²) >= 11 is 6.36. The zero-order chi connectivity index (χ0) is 19.8. The Balaban J connectivity index is 1.47. The number of carbonyl (C=O) groups is 1. The Hall–Kier alpha value is -3.24. The molecule has 3 aromatic rings. The Morgan fingerprint density at radius 2 is 1.76 bits per heavy atom. The Kier molecular flexibility index (Phi) is 4.49. The van der Waals surface area contributed by atoms with Gasteiger partial charge in [0.25, 0.3) is 5.91 Å². The van der Waals surface area contributed by atoms with E-state index in [1.54, 1.807) is 0 Å². The Morgan fingerprint density at radius 1 is 0.931 bits per heavy atom.